The fraction of sp³-hybridized carbons (Fsp3) is 0.455. The molecule has 17 heavy (non-hydrogen) atoms. The van der Waals surface area contributed by atoms with Gasteiger partial charge in [-0.2, -0.15) is 0 Å². The zero-order valence-electron chi connectivity index (χ0n) is 9.65. The lowest BCUT2D eigenvalue weighted by atomic mass is 10.1. The lowest BCUT2D eigenvalue weighted by molar-refractivity contribution is 0.483. The summed E-state index contributed by atoms with van der Waals surface area (Å²) in [5, 5.41) is 0.533. The van der Waals surface area contributed by atoms with Crippen LogP contribution in [-0.2, 0) is 10.0 Å². The molecule has 1 rings (SSSR count). The fourth-order valence-corrected chi connectivity index (χ4v) is 3.74. The van der Waals surface area contributed by atoms with E-state index in [1.165, 1.54) is 12.1 Å². The second kappa shape index (κ2) is 5.93. The molecule has 96 valence electrons. The van der Waals surface area contributed by atoms with Gasteiger partial charge in [-0.1, -0.05) is 29.8 Å². The highest BCUT2D eigenvalue weighted by atomic mass is 79.9. The normalized spacial score (nSPS) is 13.9. The third kappa shape index (κ3) is 4.04. The summed E-state index contributed by atoms with van der Waals surface area (Å²) in [5.74, 6) is -0.283. The Bertz CT molecular complexity index is 459. The average molecular weight is 324 g/mol. The molecule has 0 aliphatic carbocycles. The predicted octanol–water partition coefficient (Wildman–Crippen LogP) is 2.52. The molecule has 1 aromatic carbocycles. The average Bonchev–Trinajstić information content (AvgIpc) is 2.26. The van der Waals surface area contributed by atoms with Gasteiger partial charge in [-0.15, -0.1) is 0 Å². The van der Waals surface area contributed by atoms with E-state index in [9.17, 15) is 12.8 Å². The quantitative estimate of drug-likeness (QED) is 0.846. The molecular weight excluding hydrogens is 309 g/mol. The molecule has 0 spiro atoms. The van der Waals surface area contributed by atoms with Crippen LogP contribution >= 0.6 is 15.9 Å². The second-order valence-electron chi connectivity index (χ2n) is 4.08. The van der Waals surface area contributed by atoms with Crippen molar-refractivity contribution in [1.82, 2.24) is 4.72 Å². The van der Waals surface area contributed by atoms with Crippen LogP contribution in [0.5, 0.6) is 0 Å². The van der Waals surface area contributed by atoms with Crippen molar-refractivity contribution < 1.29 is 12.8 Å². The van der Waals surface area contributed by atoms with E-state index in [-0.39, 0.29) is 16.9 Å². The van der Waals surface area contributed by atoms with Crippen LogP contribution in [0, 0.1) is 11.7 Å². The molecule has 0 radical (unpaired) electrons. The lowest BCUT2D eigenvalue weighted by Crippen LogP contribution is -2.39. The molecule has 3 nitrogen and oxygen atoms in total. The van der Waals surface area contributed by atoms with Gasteiger partial charge in [0.25, 0.3) is 0 Å². The summed E-state index contributed by atoms with van der Waals surface area (Å²) in [6.07, 6.45) is 0. The molecule has 0 saturated carbocycles. The summed E-state index contributed by atoms with van der Waals surface area (Å²) in [4.78, 5) is 0.0745. The molecule has 0 aliphatic rings. The standard InChI is InChI=1S/C11H15BrFNO2S/c1-8(2)11(7-12)14-17(15,16)10-5-3-9(13)4-6-10/h3-6,8,11,14H,7H2,1-2H3. The van der Waals surface area contributed by atoms with Gasteiger partial charge in [0.15, 0.2) is 0 Å². The van der Waals surface area contributed by atoms with Crippen molar-refractivity contribution in [2.45, 2.75) is 24.8 Å². The first kappa shape index (κ1) is 14.6. The van der Waals surface area contributed by atoms with E-state index in [1.54, 1.807) is 0 Å². The lowest BCUT2D eigenvalue weighted by Gasteiger charge is -2.19. The largest absolute Gasteiger partial charge is 0.240 e. The number of sulfonamides is 1. The zero-order chi connectivity index (χ0) is 13.1. The summed E-state index contributed by atoms with van der Waals surface area (Å²) < 4.78 is 39.2. The highest BCUT2D eigenvalue weighted by molar-refractivity contribution is 9.09. The minimum atomic E-state index is -3.58. The SMILES string of the molecule is CC(C)C(CBr)NS(=O)(=O)c1ccc(F)cc1. The van der Waals surface area contributed by atoms with Crippen LogP contribution in [-0.4, -0.2) is 19.8 Å². The maximum absolute atomic E-state index is 12.7. The Morgan fingerprint density at radius 3 is 2.24 bits per heavy atom. The van der Waals surface area contributed by atoms with E-state index >= 15 is 0 Å². The van der Waals surface area contributed by atoms with Crippen LogP contribution in [0.25, 0.3) is 0 Å². The van der Waals surface area contributed by atoms with Crippen molar-refractivity contribution in [1.29, 1.82) is 0 Å². The minimum absolute atomic E-state index is 0.0745. The molecule has 0 fully saturated rings. The summed E-state index contributed by atoms with van der Waals surface area (Å²) >= 11 is 3.27. The van der Waals surface area contributed by atoms with Crippen molar-refractivity contribution in [2.75, 3.05) is 5.33 Å². The van der Waals surface area contributed by atoms with E-state index in [4.69, 9.17) is 0 Å². The smallest absolute Gasteiger partial charge is 0.207 e. The molecule has 6 heteroatoms. The molecule has 1 N–H and O–H groups in total. The molecule has 0 bridgehead atoms. The van der Waals surface area contributed by atoms with E-state index < -0.39 is 15.8 Å². The molecule has 0 saturated heterocycles. The Morgan fingerprint density at radius 2 is 1.82 bits per heavy atom. The number of hydrogen-bond donors (Lipinski definition) is 1. The third-order valence-corrected chi connectivity index (χ3v) is 4.60. The number of alkyl halides is 1. The Hall–Kier alpha value is -0.460. The van der Waals surface area contributed by atoms with Gasteiger partial charge in [0.1, 0.15) is 5.82 Å². The maximum Gasteiger partial charge on any atom is 0.240 e. The van der Waals surface area contributed by atoms with Crippen LogP contribution in [0.4, 0.5) is 4.39 Å². The van der Waals surface area contributed by atoms with E-state index in [0.717, 1.165) is 12.1 Å². The molecule has 0 heterocycles. The first-order valence-electron chi connectivity index (χ1n) is 5.20. The number of benzene rings is 1. The topological polar surface area (TPSA) is 46.2 Å². The van der Waals surface area contributed by atoms with Crippen LogP contribution in [0.3, 0.4) is 0 Å². The van der Waals surface area contributed by atoms with Crippen molar-refractivity contribution in [3.63, 3.8) is 0 Å². The molecule has 1 aromatic rings. The third-order valence-electron chi connectivity index (χ3n) is 2.40. The fourth-order valence-electron chi connectivity index (χ4n) is 1.23. The van der Waals surface area contributed by atoms with E-state index in [2.05, 4.69) is 20.7 Å². The summed E-state index contributed by atoms with van der Waals surface area (Å²) in [6, 6.07) is 4.58. The number of hydrogen-bond acceptors (Lipinski definition) is 2. The molecule has 0 aliphatic heterocycles. The van der Waals surface area contributed by atoms with Crippen LogP contribution in [0.2, 0.25) is 0 Å². The highest BCUT2D eigenvalue weighted by Gasteiger charge is 2.21. The predicted molar refractivity (Wildman–Crippen MR) is 69.1 cm³/mol. The van der Waals surface area contributed by atoms with Crippen LogP contribution < -0.4 is 4.72 Å². The molecule has 0 aromatic heterocycles. The van der Waals surface area contributed by atoms with Crippen LogP contribution in [0.15, 0.2) is 29.2 Å². The number of nitrogens with one attached hydrogen (secondary N) is 1. The van der Waals surface area contributed by atoms with Gasteiger partial charge in [-0.05, 0) is 30.2 Å². The summed E-state index contributed by atoms with van der Waals surface area (Å²) in [6.45, 7) is 3.86. The molecule has 1 unspecified atom stereocenters. The first-order valence-corrected chi connectivity index (χ1v) is 7.81. The Kier molecular flexibility index (Phi) is 5.09. The van der Waals surface area contributed by atoms with Gasteiger partial charge < -0.3 is 0 Å². The van der Waals surface area contributed by atoms with Gasteiger partial charge in [-0.3, -0.25) is 0 Å². The van der Waals surface area contributed by atoms with Crippen molar-refractivity contribution in [2.24, 2.45) is 5.92 Å². The molecule has 0 amide bonds. The van der Waals surface area contributed by atoms with Gasteiger partial charge in [0.2, 0.25) is 10.0 Å². The Morgan fingerprint density at radius 1 is 1.29 bits per heavy atom. The first-order chi connectivity index (χ1) is 7.86. The number of halogens is 2. The summed E-state index contributed by atoms with van der Waals surface area (Å²) in [7, 11) is -3.58. The van der Waals surface area contributed by atoms with Crippen molar-refractivity contribution in [3.05, 3.63) is 30.1 Å². The van der Waals surface area contributed by atoms with Crippen molar-refractivity contribution >= 4 is 26.0 Å². The molecule has 1 atom stereocenters. The van der Waals surface area contributed by atoms with E-state index in [0.29, 0.717) is 5.33 Å². The second-order valence-corrected chi connectivity index (χ2v) is 6.44. The zero-order valence-corrected chi connectivity index (χ0v) is 12.1. The van der Waals surface area contributed by atoms with Crippen molar-refractivity contribution in [3.8, 4) is 0 Å². The minimum Gasteiger partial charge on any atom is -0.207 e. The highest BCUT2D eigenvalue weighted by Crippen LogP contribution is 2.13. The van der Waals surface area contributed by atoms with E-state index in [1.807, 2.05) is 13.8 Å². The maximum atomic E-state index is 12.7. The Labute approximate surface area is 110 Å². The van der Waals surface area contributed by atoms with Gasteiger partial charge in [-0.25, -0.2) is 17.5 Å². The van der Waals surface area contributed by atoms with Crippen LogP contribution in [0.1, 0.15) is 13.8 Å². The summed E-state index contributed by atoms with van der Waals surface area (Å²) in [5.41, 5.74) is 0. The van der Waals surface area contributed by atoms with Gasteiger partial charge >= 0.3 is 0 Å². The van der Waals surface area contributed by atoms with Gasteiger partial charge in [0, 0.05) is 11.4 Å². The Balaban J connectivity index is 2.92. The number of rotatable bonds is 5. The monoisotopic (exact) mass is 323 g/mol. The van der Waals surface area contributed by atoms with Gasteiger partial charge in [0.05, 0.1) is 4.90 Å². The molecular formula is C11H15BrFNO2S.